The maximum absolute atomic E-state index is 11.3. The predicted octanol–water partition coefficient (Wildman–Crippen LogP) is 3.92. The minimum absolute atomic E-state index is 0.249. The third-order valence-electron chi connectivity index (χ3n) is 1.65. The number of benzene rings is 1. The van der Waals surface area contributed by atoms with Crippen LogP contribution in [0.5, 0.6) is 5.75 Å². The van der Waals surface area contributed by atoms with Gasteiger partial charge in [0.05, 0.1) is 5.02 Å². The largest absolute Gasteiger partial charge is 0.425 e. The summed E-state index contributed by atoms with van der Waals surface area (Å²) in [6.45, 7) is 0. The van der Waals surface area contributed by atoms with Crippen molar-refractivity contribution in [2.24, 2.45) is 0 Å². The smallest absolute Gasteiger partial charge is 0.311 e. The van der Waals surface area contributed by atoms with Crippen molar-refractivity contribution in [1.82, 2.24) is 0 Å². The number of hydrogen-bond acceptors (Lipinski definition) is 2. The molecule has 0 aliphatic carbocycles. The zero-order valence-corrected chi connectivity index (χ0v) is 10.1. The molecule has 0 bridgehead atoms. The molecule has 82 valence electrons. The second kappa shape index (κ2) is 6.21. The summed E-state index contributed by atoms with van der Waals surface area (Å²) in [7, 11) is 0. The van der Waals surface area contributed by atoms with Crippen LogP contribution in [0.3, 0.4) is 0 Å². The molecule has 5 heteroatoms. The molecule has 1 aromatic rings. The van der Waals surface area contributed by atoms with Crippen LogP contribution in [0, 0.1) is 0 Å². The maximum Gasteiger partial charge on any atom is 0.311 e. The molecule has 0 spiro atoms. The van der Waals surface area contributed by atoms with Gasteiger partial charge in [-0.1, -0.05) is 29.3 Å². The molecular formula is C10H9Cl3O2. The van der Waals surface area contributed by atoms with E-state index in [1.807, 2.05) is 0 Å². The summed E-state index contributed by atoms with van der Waals surface area (Å²) in [5.74, 6) is 0.349. The van der Waals surface area contributed by atoms with E-state index in [1.165, 1.54) is 0 Å². The van der Waals surface area contributed by atoms with E-state index < -0.39 is 0 Å². The van der Waals surface area contributed by atoms with E-state index in [4.69, 9.17) is 39.5 Å². The lowest BCUT2D eigenvalue weighted by Gasteiger charge is -2.06. The van der Waals surface area contributed by atoms with Crippen LogP contribution in [0.15, 0.2) is 18.2 Å². The standard InChI is InChI=1S/C10H9Cl3O2/c11-6-2-5-9(14)15-8-4-1-3-7(12)10(8)13/h1,3-4H,2,5-6H2. The second-order valence-electron chi connectivity index (χ2n) is 2.82. The van der Waals surface area contributed by atoms with E-state index in [9.17, 15) is 4.79 Å². The molecule has 0 amide bonds. The van der Waals surface area contributed by atoms with Crippen molar-refractivity contribution in [3.63, 3.8) is 0 Å². The third-order valence-corrected chi connectivity index (χ3v) is 2.72. The Hall–Kier alpha value is -0.440. The average Bonchev–Trinajstić information content (AvgIpc) is 2.22. The summed E-state index contributed by atoms with van der Waals surface area (Å²) >= 11 is 17.0. The van der Waals surface area contributed by atoms with Crippen molar-refractivity contribution < 1.29 is 9.53 Å². The zero-order valence-electron chi connectivity index (χ0n) is 7.80. The minimum atomic E-state index is -0.361. The van der Waals surface area contributed by atoms with Gasteiger partial charge in [-0.25, -0.2) is 0 Å². The highest BCUT2D eigenvalue weighted by molar-refractivity contribution is 6.43. The molecule has 0 saturated carbocycles. The molecule has 0 saturated heterocycles. The Morgan fingerprint density at radius 2 is 2.07 bits per heavy atom. The van der Waals surface area contributed by atoms with E-state index in [2.05, 4.69) is 0 Å². The summed E-state index contributed by atoms with van der Waals surface area (Å²) < 4.78 is 5.01. The van der Waals surface area contributed by atoms with E-state index in [-0.39, 0.29) is 23.2 Å². The van der Waals surface area contributed by atoms with Gasteiger partial charge >= 0.3 is 5.97 Å². The lowest BCUT2D eigenvalue weighted by Crippen LogP contribution is -2.08. The third kappa shape index (κ3) is 3.90. The van der Waals surface area contributed by atoms with Gasteiger partial charge in [0.25, 0.3) is 0 Å². The van der Waals surface area contributed by atoms with E-state index in [0.29, 0.717) is 17.3 Å². The van der Waals surface area contributed by atoms with E-state index in [0.717, 1.165) is 0 Å². The fourth-order valence-electron chi connectivity index (χ4n) is 0.948. The van der Waals surface area contributed by atoms with E-state index >= 15 is 0 Å². The van der Waals surface area contributed by atoms with Crippen LogP contribution in [0.2, 0.25) is 10.0 Å². The molecule has 0 aliphatic rings. The molecule has 0 fully saturated rings. The number of rotatable bonds is 4. The fourth-order valence-corrected chi connectivity index (χ4v) is 1.41. The number of carbonyl (C=O) groups is 1. The quantitative estimate of drug-likeness (QED) is 0.469. The highest BCUT2D eigenvalue weighted by Crippen LogP contribution is 2.31. The molecule has 2 nitrogen and oxygen atoms in total. The lowest BCUT2D eigenvalue weighted by molar-refractivity contribution is -0.134. The Labute approximate surface area is 103 Å². The fraction of sp³-hybridized carbons (Fsp3) is 0.300. The number of hydrogen-bond donors (Lipinski definition) is 0. The van der Waals surface area contributed by atoms with Crippen LogP contribution < -0.4 is 4.74 Å². The first-order valence-electron chi connectivity index (χ1n) is 4.36. The molecule has 0 aromatic heterocycles. The highest BCUT2D eigenvalue weighted by atomic mass is 35.5. The number of alkyl halides is 1. The topological polar surface area (TPSA) is 26.3 Å². The molecule has 0 N–H and O–H groups in total. The Morgan fingerprint density at radius 3 is 2.73 bits per heavy atom. The summed E-state index contributed by atoms with van der Waals surface area (Å²) in [6.07, 6.45) is 0.852. The monoisotopic (exact) mass is 266 g/mol. The van der Waals surface area contributed by atoms with Gasteiger partial charge in [-0.3, -0.25) is 4.79 Å². The Balaban J connectivity index is 2.64. The van der Waals surface area contributed by atoms with Crippen LogP contribution in [0.4, 0.5) is 0 Å². The maximum atomic E-state index is 11.3. The van der Waals surface area contributed by atoms with E-state index in [1.54, 1.807) is 18.2 Å². The average molecular weight is 268 g/mol. The number of ether oxygens (including phenoxy) is 1. The molecule has 0 heterocycles. The lowest BCUT2D eigenvalue weighted by atomic mass is 10.3. The molecule has 0 unspecified atom stereocenters. The zero-order chi connectivity index (χ0) is 11.3. The normalized spacial score (nSPS) is 10.1. The minimum Gasteiger partial charge on any atom is -0.425 e. The summed E-state index contributed by atoms with van der Waals surface area (Å²) in [5, 5.41) is 0.609. The van der Waals surface area contributed by atoms with Gasteiger partial charge in [-0.2, -0.15) is 0 Å². The number of esters is 1. The summed E-state index contributed by atoms with van der Waals surface area (Å²) in [6, 6.07) is 4.88. The van der Waals surface area contributed by atoms with Crippen molar-refractivity contribution in [3.8, 4) is 5.75 Å². The van der Waals surface area contributed by atoms with Crippen molar-refractivity contribution in [3.05, 3.63) is 28.2 Å². The van der Waals surface area contributed by atoms with Crippen LogP contribution >= 0.6 is 34.8 Å². The SMILES string of the molecule is O=C(CCCCl)Oc1cccc(Cl)c1Cl. The Bertz CT molecular complexity index is 353. The van der Waals surface area contributed by atoms with Gasteiger partial charge in [0.1, 0.15) is 5.02 Å². The van der Waals surface area contributed by atoms with Crippen molar-refractivity contribution in [2.45, 2.75) is 12.8 Å². The van der Waals surface area contributed by atoms with Gasteiger partial charge in [-0.15, -0.1) is 11.6 Å². The van der Waals surface area contributed by atoms with Gasteiger partial charge in [0, 0.05) is 12.3 Å². The first-order chi connectivity index (χ1) is 7.15. The van der Waals surface area contributed by atoms with Gasteiger partial charge < -0.3 is 4.74 Å². The second-order valence-corrected chi connectivity index (χ2v) is 3.98. The van der Waals surface area contributed by atoms with Gasteiger partial charge in [-0.05, 0) is 18.6 Å². The van der Waals surface area contributed by atoms with Crippen molar-refractivity contribution in [1.29, 1.82) is 0 Å². The first kappa shape index (κ1) is 12.6. The molecular weight excluding hydrogens is 258 g/mol. The van der Waals surface area contributed by atoms with Crippen molar-refractivity contribution in [2.75, 3.05) is 5.88 Å². The highest BCUT2D eigenvalue weighted by Gasteiger charge is 2.09. The molecule has 0 aliphatic heterocycles. The number of carbonyl (C=O) groups excluding carboxylic acids is 1. The van der Waals surface area contributed by atoms with Crippen LogP contribution in [0.25, 0.3) is 0 Å². The molecule has 0 atom stereocenters. The van der Waals surface area contributed by atoms with Crippen LogP contribution in [-0.4, -0.2) is 11.8 Å². The summed E-state index contributed by atoms with van der Waals surface area (Å²) in [4.78, 5) is 11.3. The number of halogens is 3. The summed E-state index contributed by atoms with van der Waals surface area (Å²) in [5.41, 5.74) is 0. The molecule has 1 aromatic carbocycles. The molecule has 15 heavy (non-hydrogen) atoms. The van der Waals surface area contributed by atoms with Gasteiger partial charge in [0.2, 0.25) is 0 Å². The van der Waals surface area contributed by atoms with Crippen LogP contribution in [0.1, 0.15) is 12.8 Å². The molecule has 1 rings (SSSR count). The first-order valence-corrected chi connectivity index (χ1v) is 5.65. The van der Waals surface area contributed by atoms with Gasteiger partial charge in [0.15, 0.2) is 5.75 Å². The van der Waals surface area contributed by atoms with Crippen LogP contribution in [-0.2, 0) is 4.79 Å². The molecule has 0 radical (unpaired) electrons. The predicted molar refractivity (Wildman–Crippen MR) is 62.1 cm³/mol. The Morgan fingerprint density at radius 1 is 1.33 bits per heavy atom. The Kier molecular flexibility index (Phi) is 5.23. The van der Waals surface area contributed by atoms with Crippen molar-refractivity contribution >= 4 is 40.8 Å².